The molecule has 0 rings (SSSR count). The number of carbonyl (C=O) groups is 1. The van der Waals surface area contributed by atoms with E-state index in [1.165, 1.54) is 38.5 Å². The van der Waals surface area contributed by atoms with Crippen molar-refractivity contribution >= 4 is 17.7 Å². The largest absolute Gasteiger partial charge is 0.480 e. The number of thioether (sulfide) groups is 1. The van der Waals surface area contributed by atoms with Crippen LogP contribution in [-0.4, -0.2) is 22.1 Å². The number of carboxylic acid groups (broad SMARTS) is 1. The molecule has 2 nitrogen and oxygen atoms in total. The molecule has 0 aliphatic rings. The molecule has 0 saturated carbocycles. The predicted octanol–water partition coefficient (Wildman–Crippen LogP) is 4.72. The summed E-state index contributed by atoms with van der Waals surface area (Å²) >= 11 is 1.64. The van der Waals surface area contributed by atoms with Gasteiger partial charge in [0.2, 0.25) is 0 Å². The van der Waals surface area contributed by atoms with Crippen molar-refractivity contribution in [2.45, 2.75) is 76.9 Å². The maximum Gasteiger partial charge on any atom is 0.316 e. The summed E-state index contributed by atoms with van der Waals surface area (Å²) in [7, 11) is 0. The Morgan fingerprint density at radius 1 is 1.00 bits per heavy atom. The normalized spacial score (nSPS) is 12.6. The van der Waals surface area contributed by atoms with Crippen LogP contribution in [0.1, 0.15) is 71.6 Å². The van der Waals surface area contributed by atoms with E-state index in [-0.39, 0.29) is 5.25 Å². The average molecular weight is 260 g/mol. The van der Waals surface area contributed by atoms with E-state index in [9.17, 15) is 4.79 Å². The molecule has 0 aliphatic carbocycles. The van der Waals surface area contributed by atoms with Gasteiger partial charge in [-0.15, -0.1) is 11.8 Å². The Morgan fingerprint density at radius 2 is 1.59 bits per heavy atom. The molecule has 1 atom stereocenters. The molecule has 0 aromatic carbocycles. The molecule has 1 N–H and O–H groups in total. The lowest BCUT2D eigenvalue weighted by Gasteiger charge is -2.11. The van der Waals surface area contributed by atoms with Gasteiger partial charge in [0.05, 0.1) is 0 Å². The first-order valence-electron chi connectivity index (χ1n) is 7.06. The van der Waals surface area contributed by atoms with Crippen molar-refractivity contribution in [1.29, 1.82) is 0 Å². The number of unbranched alkanes of at least 4 members (excludes halogenated alkanes) is 6. The van der Waals surface area contributed by atoms with Crippen LogP contribution in [0.3, 0.4) is 0 Å². The van der Waals surface area contributed by atoms with E-state index in [0.717, 1.165) is 25.0 Å². The molecular formula is C14H28O2S. The zero-order valence-corrected chi connectivity index (χ0v) is 12.2. The summed E-state index contributed by atoms with van der Waals surface area (Å²) in [6.07, 6.45) is 10.4. The van der Waals surface area contributed by atoms with E-state index >= 15 is 0 Å². The van der Waals surface area contributed by atoms with Crippen molar-refractivity contribution < 1.29 is 9.90 Å². The van der Waals surface area contributed by atoms with Crippen molar-refractivity contribution in [2.75, 3.05) is 5.75 Å². The summed E-state index contributed by atoms with van der Waals surface area (Å²) in [5.74, 6) is 0.382. The SMILES string of the molecule is CCCCCCSC(CCCCCC)C(=O)O. The van der Waals surface area contributed by atoms with E-state index in [2.05, 4.69) is 13.8 Å². The molecule has 17 heavy (non-hydrogen) atoms. The van der Waals surface area contributed by atoms with Gasteiger partial charge in [0.15, 0.2) is 0 Å². The van der Waals surface area contributed by atoms with Crippen LogP contribution in [0.25, 0.3) is 0 Å². The van der Waals surface area contributed by atoms with Crippen LogP contribution in [0.15, 0.2) is 0 Å². The highest BCUT2D eigenvalue weighted by atomic mass is 32.2. The molecule has 102 valence electrons. The molecule has 0 radical (unpaired) electrons. The first-order valence-corrected chi connectivity index (χ1v) is 8.11. The molecule has 0 amide bonds. The fourth-order valence-corrected chi connectivity index (χ4v) is 2.92. The van der Waals surface area contributed by atoms with Crippen molar-refractivity contribution in [3.05, 3.63) is 0 Å². The number of rotatable bonds is 12. The maximum absolute atomic E-state index is 11.1. The van der Waals surface area contributed by atoms with Gasteiger partial charge in [-0.1, -0.05) is 58.8 Å². The highest BCUT2D eigenvalue weighted by Crippen LogP contribution is 2.20. The third kappa shape index (κ3) is 10.7. The van der Waals surface area contributed by atoms with Crippen LogP contribution in [0.5, 0.6) is 0 Å². The topological polar surface area (TPSA) is 37.3 Å². The Labute approximate surface area is 111 Å². The van der Waals surface area contributed by atoms with Crippen LogP contribution < -0.4 is 0 Å². The van der Waals surface area contributed by atoms with Crippen LogP contribution in [-0.2, 0) is 4.79 Å². The van der Waals surface area contributed by atoms with Gasteiger partial charge < -0.3 is 5.11 Å². The lowest BCUT2D eigenvalue weighted by Crippen LogP contribution is -2.16. The molecule has 0 spiro atoms. The predicted molar refractivity (Wildman–Crippen MR) is 76.8 cm³/mol. The molecular weight excluding hydrogens is 232 g/mol. The minimum Gasteiger partial charge on any atom is -0.480 e. The highest BCUT2D eigenvalue weighted by molar-refractivity contribution is 8.00. The van der Waals surface area contributed by atoms with Crippen molar-refractivity contribution in [3.8, 4) is 0 Å². The standard InChI is InChI=1S/C14H28O2S/c1-3-5-7-9-11-13(14(15)16)17-12-10-8-6-4-2/h13H,3-12H2,1-2H3,(H,15,16). The number of aliphatic carboxylic acids is 1. The Kier molecular flexibility index (Phi) is 12.2. The van der Waals surface area contributed by atoms with Gasteiger partial charge in [0, 0.05) is 0 Å². The molecule has 0 saturated heterocycles. The van der Waals surface area contributed by atoms with Crippen LogP contribution >= 0.6 is 11.8 Å². The molecule has 0 aromatic rings. The van der Waals surface area contributed by atoms with Crippen molar-refractivity contribution in [2.24, 2.45) is 0 Å². The third-order valence-corrected chi connectivity index (χ3v) is 4.28. The van der Waals surface area contributed by atoms with Gasteiger partial charge in [0.25, 0.3) is 0 Å². The zero-order valence-electron chi connectivity index (χ0n) is 11.4. The Bertz CT molecular complexity index is 183. The third-order valence-electron chi connectivity index (χ3n) is 2.91. The second kappa shape index (κ2) is 12.3. The van der Waals surface area contributed by atoms with E-state index in [0.29, 0.717) is 0 Å². The Balaban J connectivity index is 3.57. The quantitative estimate of drug-likeness (QED) is 0.516. The smallest absolute Gasteiger partial charge is 0.316 e. The minimum atomic E-state index is -0.623. The van der Waals surface area contributed by atoms with Gasteiger partial charge >= 0.3 is 5.97 Å². The Morgan fingerprint density at radius 3 is 2.12 bits per heavy atom. The van der Waals surface area contributed by atoms with Crippen LogP contribution in [0.2, 0.25) is 0 Å². The first-order chi connectivity index (χ1) is 8.22. The lowest BCUT2D eigenvalue weighted by molar-refractivity contribution is -0.136. The molecule has 3 heteroatoms. The monoisotopic (exact) mass is 260 g/mol. The second-order valence-corrected chi connectivity index (χ2v) is 5.92. The Hall–Kier alpha value is -0.180. The summed E-state index contributed by atoms with van der Waals surface area (Å²) in [6, 6.07) is 0. The van der Waals surface area contributed by atoms with Crippen LogP contribution in [0.4, 0.5) is 0 Å². The van der Waals surface area contributed by atoms with Crippen molar-refractivity contribution in [1.82, 2.24) is 0 Å². The van der Waals surface area contributed by atoms with E-state index in [1.807, 2.05) is 0 Å². The average Bonchev–Trinajstić information content (AvgIpc) is 2.31. The summed E-state index contributed by atoms with van der Waals surface area (Å²) in [5, 5.41) is 8.94. The zero-order chi connectivity index (χ0) is 12.9. The summed E-state index contributed by atoms with van der Waals surface area (Å²) < 4.78 is 0. The number of carboxylic acids is 1. The molecule has 0 bridgehead atoms. The number of hydrogen-bond donors (Lipinski definition) is 1. The molecule has 0 aromatic heterocycles. The maximum atomic E-state index is 11.1. The summed E-state index contributed by atoms with van der Waals surface area (Å²) in [4.78, 5) is 11.1. The summed E-state index contributed by atoms with van der Waals surface area (Å²) in [6.45, 7) is 4.37. The summed E-state index contributed by atoms with van der Waals surface area (Å²) in [5.41, 5.74) is 0. The number of hydrogen-bond acceptors (Lipinski definition) is 2. The van der Waals surface area contributed by atoms with E-state index in [1.54, 1.807) is 11.8 Å². The fourth-order valence-electron chi connectivity index (χ4n) is 1.79. The van der Waals surface area contributed by atoms with Gasteiger partial charge in [-0.3, -0.25) is 4.79 Å². The van der Waals surface area contributed by atoms with Gasteiger partial charge in [-0.25, -0.2) is 0 Å². The van der Waals surface area contributed by atoms with Crippen molar-refractivity contribution in [3.63, 3.8) is 0 Å². The molecule has 0 heterocycles. The highest BCUT2D eigenvalue weighted by Gasteiger charge is 2.16. The first kappa shape index (κ1) is 16.8. The van der Waals surface area contributed by atoms with E-state index in [4.69, 9.17) is 5.11 Å². The minimum absolute atomic E-state index is 0.173. The van der Waals surface area contributed by atoms with Gasteiger partial charge in [0.1, 0.15) is 5.25 Å². The van der Waals surface area contributed by atoms with Gasteiger partial charge in [-0.05, 0) is 18.6 Å². The molecule has 1 unspecified atom stereocenters. The van der Waals surface area contributed by atoms with Crippen LogP contribution in [0, 0.1) is 0 Å². The molecule has 0 fully saturated rings. The second-order valence-electron chi connectivity index (χ2n) is 4.61. The lowest BCUT2D eigenvalue weighted by atomic mass is 10.1. The van der Waals surface area contributed by atoms with Gasteiger partial charge in [-0.2, -0.15) is 0 Å². The van der Waals surface area contributed by atoms with E-state index < -0.39 is 5.97 Å². The fraction of sp³-hybridized carbons (Fsp3) is 0.929. The molecule has 0 aliphatic heterocycles.